The number of hydrogen-bond donors (Lipinski definition) is 1. The van der Waals surface area contributed by atoms with Gasteiger partial charge >= 0.3 is 0 Å². The molecule has 0 aromatic carbocycles. The molecule has 0 atom stereocenters. The Bertz CT molecular complexity index is 479. The predicted molar refractivity (Wildman–Crippen MR) is 60.8 cm³/mol. The van der Waals surface area contributed by atoms with Crippen molar-refractivity contribution in [3.05, 3.63) is 24.2 Å². The molecule has 0 saturated carbocycles. The summed E-state index contributed by atoms with van der Waals surface area (Å²) in [4.78, 5) is 12.9. The van der Waals surface area contributed by atoms with E-state index in [2.05, 4.69) is 34.1 Å². The number of rotatable bonds is 2. The van der Waals surface area contributed by atoms with Crippen molar-refractivity contribution in [3.63, 3.8) is 0 Å². The van der Waals surface area contributed by atoms with Crippen molar-refractivity contribution >= 4 is 16.9 Å². The first-order valence-electron chi connectivity index (χ1n) is 5.02. The van der Waals surface area contributed by atoms with Gasteiger partial charge in [-0.05, 0) is 32.9 Å². The van der Waals surface area contributed by atoms with Gasteiger partial charge in [0, 0.05) is 12.2 Å². The van der Waals surface area contributed by atoms with E-state index in [-0.39, 0.29) is 0 Å². The first-order chi connectivity index (χ1) is 7.16. The molecule has 0 unspecified atom stereocenters. The molecule has 2 aromatic rings. The summed E-state index contributed by atoms with van der Waals surface area (Å²) in [5.41, 5.74) is 0.744. The van der Waals surface area contributed by atoms with E-state index >= 15 is 0 Å². The fraction of sp³-hybridized carbons (Fsp3) is 0.364. The van der Waals surface area contributed by atoms with Crippen molar-refractivity contribution in [1.82, 2.24) is 15.0 Å². The molecule has 0 spiro atoms. The Morgan fingerprint density at radius 1 is 1.27 bits per heavy atom. The average Bonchev–Trinajstić information content (AvgIpc) is 2.16. The van der Waals surface area contributed by atoms with Crippen LogP contribution < -0.4 is 5.32 Å². The van der Waals surface area contributed by atoms with Crippen LogP contribution in [0.15, 0.2) is 18.3 Å². The molecule has 2 aromatic heterocycles. The lowest BCUT2D eigenvalue weighted by Gasteiger charge is -2.11. The van der Waals surface area contributed by atoms with Gasteiger partial charge in [-0.3, -0.25) is 0 Å². The van der Waals surface area contributed by atoms with Gasteiger partial charge in [0.25, 0.3) is 0 Å². The Balaban J connectivity index is 2.60. The predicted octanol–water partition coefficient (Wildman–Crippen LogP) is 2.15. The molecule has 4 nitrogen and oxygen atoms in total. The second-order valence-electron chi connectivity index (χ2n) is 3.79. The molecule has 0 fully saturated rings. The zero-order valence-electron chi connectivity index (χ0n) is 9.15. The summed E-state index contributed by atoms with van der Waals surface area (Å²) >= 11 is 0. The molecular formula is C11H14N4. The molecule has 0 aliphatic carbocycles. The van der Waals surface area contributed by atoms with Crippen LogP contribution in [-0.2, 0) is 0 Å². The highest BCUT2D eigenvalue weighted by Crippen LogP contribution is 2.18. The molecule has 1 N–H and O–H groups in total. The minimum absolute atomic E-state index is 0.350. The molecule has 0 aliphatic rings. The number of nitrogens with zero attached hydrogens (tertiary/aromatic N) is 3. The van der Waals surface area contributed by atoms with Crippen LogP contribution in [0.25, 0.3) is 11.0 Å². The van der Waals surface area contributed by atoms with Gasteiger partial charge in [0.15, 0.2) is 5.65 Å². The molecule has 4 heteroatoms. The van der Waals surface area contributed by atoms with Crippen LogP contribution >= 0.6 is 0 Å². The summed E-state index contributed by atoms with van der Waals surface area (Å²) in [6.07, 6.45) is 1.74. The van der Waals surface area contributed by atoms with Gasteiger partial charge in [0.1, 0.15) is 11.6 Å². The number of hydrogen-bond acceptors (Lipinski definition) is 4. The zero-order valence-corrected chi connectivity index (χ0v) is 9.15. The van der Waals surface area contributed by atoms with Crippen molar-refractivity contribution in [2.75, 3.05) is 5.32 Å². The van der Waals surface area contributed by atoms with Crippen molar-refractivity contribution in [3.8, 4) is 0 Å². The standard InChI is InChI=1S/C11H14N4/c1-7(2)13-11-9-5-4-6-12-10(9)14-8(3)15-11/h4-7H,1-3H3,(H,12,13,14,15). The molecule has 0 aliphatic heterocycles. The molecule has 2 rings (SSSR count). The fourth-order valence-electron chi connectivity index (χ4n) is 1.45. The van der Waals surface area contributed by atoms with Crippen molar-refractivity contribution in [2.45, 2.75) is 26.8 Å². The monoisotopic (exact) mass is 202 g/mol. The maximum atomic E-state index is 4.38. The lowest BCUT2D eigenvalue weighted by Crippen LogP contribution is -2.12. The van der Waals surface area contributed by atoms with E-state index in [4.69, 9.17) is 0 Å². The summed E-state index contributed by atoms with van der Waals surface area (Å²) in [7, 11) is 0. The van der Waals surface area contributed by atoms with Gasteiger partial charge in [-0.25, -0.2) is 15.0 Å². The number of aromatic nitrogens is 3. The third kappa shape index (κ3) is 2.03. The summed E-state index contributed by atoms with van der Waals surface area (Å²) in [6.45, 7) is 6.04. The molecule has 0 bridgehead atoms. The first-order valence-corrected chi connectivity index (χ1v) is 5.02. The Hall–Kier alpha value is -1.71. The summed E-state index contributed by atoms with van der Waals surface area (Å²) in [5.74, 6) is 1.60. The fourth-order valence-corrected chi connectivity index (χ4v) is 1.45. The minimum Gasteiger partial charge on any atom is -0.367 e. The molecule has 78 valence electrons. The van der Waals surface area contributed by atoms with E-state index in [1.807, 2.05) is 19.1 Å². The van der Waals surface area contributed by atoms with Crippen LogP contribution in [0.1, 0.15) is 19.7 Å². The largest absolute Gasteiger partial charge is 0.367 e. The van der Waals surface area contributed by atoms with E-state index in [0.717, 1.165) is 22.7 Å². The van der Waals surface area contributed by atoms with Crippen LogP contribution in [0.4, 0.5) is 5.82 Å². The van der Waals surface area contributed by atoms with Crippen LogP contribution in [0.3, 0.4) is 0 Å². The van der Waals surface area contributed by atoms with Crippen molar-refractivity contribution < 1.29 is 0 Å². The highest BCUT2D eigenvalue weighted by atomic mass is 15.1. The SMILES string of the molecule is Cc1nc(NC(C)C)c2cccnc2n1. The van der Waals surface area contributed by atoms with Gasteiger partial charge in [-0.2, -0.15) is 0 Å². The normalized spacial score (nSPS) is 10.9. The van der Waals surface area contributed by atoms with Gasteiger partial charge in [-0.1, -0.05) is 0 Å². The van der Waals surface area contributed by atoms with E-state index < -0.39 is 0 Å². The van der Waals surface area contributed by atoms with Gasteiger partial charge in [-0.15, -0.1) is 0 Å². The highest BCUT2D eigenvalue weighted by Gasteiger charge is 2.06. The Morgan fingerprint density at radius 3 is 2.80 bits per heavy atom. The summed E-state index contributed by atoms with van der Waals surface area (Å²) < 4.78 is 0. The van der Waals surface area contributed by atoms with E-state index in [1.165, 1.54) is 0 Å². The Labute approximate surface area is 88.8 Å². The summed E-state index contributed by atoms with van der Waals surface area (Å²) in [5, 5.41) is 4.27. The first kappa shape index (κ1) is 9.83. The number of nitrogens with one attached hydrogen (secondary N) is 1. The van der Waals surface area contributed by atoms with E-state index in [1.54, 1.807) is 6.20 Å². The quantitative estimate of drug-likeness (QED) is 0.810. The second kappa shape index (κ2) is 3.81. The van der Waals surface area contributed by atoms with Gasteiger partial charge in [0.2, 0.25) is 0 Å². The smallest absolute Gasteiger partial charge is 0.164 e. The lowest BCUT2D eigenvalue weighted by atomic mass is 10.3. The Morgan fingerprint density at radius 2 is 2.07 bits per heavy atom. The van der Waals surface area contributed by atoms with Gasteiger partial charge < -0.3 is 5.32 Å². The molecule has 0 amide bonds. The molecule has 0 radical (unpaired) electrons. The maximum absolute atomic E-state index is 4.38. The van der Waals surface area contributed by atoms with E-state index in [9.17, 15) is 0 Å². The maximum Gasteiger partial charge on any atom is 0.164 e. The zero-order chi connectivity index (χ0) is 10.8. The molecule has 0 saturated heterocycles. The van der Waals surface area contributed by atoms with Crippen molar-refractivity contribution in [2.24, 2.45) is 0 Å². The van der Waals surface area contributed by atoms with Crippen LogP contribution in [0, 0.1) is 6.92 Å². The van der Waals surface area contributed by atoms with Gasteiger partial charge in [0.05, 0.1) is 5.39 Å². The topological polar surface area (TPSA) is 50.7 Å². The summed E-state index contributed by atoms with van der Waals surface area (Å²) in [6, 6.07) is 4.22. The Kier molecular flexibility index (Phi) is 2.49. The number of fused-ring (bicyclic) bond motifs is 1. The molecule has 2 heterocycles. The number of aryl methyl sites for hydroxylation is 1. The van der Waals surface area contributed by atoms with Crippen LogP contribution in [-0.4, -0.2) is 21.0 Å². The highest BCUT2D eigenvalue weighted by molar-refractivity contribution is 5.86. The van der Waals surface area contributed by atoms with Crippen LogP contribution in [0.2, 0.25) is 0 Å². The molecule has 15 heavy (non-hydrogen) atoms. The number of pyridine rings is 1. The van der Waals surface area contributed by atoms with E-state index in [0.29, 0.717) is 6.04 Å². The molecular weight excluding hydrogens is 188 g/mol. The minimum atomic E-state index is 0.350. The third-order valence-electron chi connectivity index (χ3n) is 2.01. The van der Waals surface area contributed by atoms with Crippen molar-refractivity contribution in [1.29, 1.82) is 0 Å². The lowest BCUT2D eigenvalue weighted by molar-refractivity contribution is 0.885. The average molecular weight is 202 g/mol. The number of anilines is 1. The second-order valence-corrected chi connectivity index (χ2v) is 3.79. The van der Waals surface area contributed by atoms with Crippen LogP contribution in [0.5, 0.6) is 0 Å². The third-order valence-corrected chi connectivity index (χ3v) is 2.01.